The number of amides is 1. The van der Waals surface area contributed by atoms with Crippen molar-refractivity contribution in [3.8, 4) is 0 Å². The molecule has 0 atom stereocenters. The monoisotopic (exact) mass is 317 g/mol. The lowest BCUT2D eigenvalue weighted by Crippen LogP contribution is -2.30. The number of carbonyl (C=O) groups is 1. The van der Waals surface area contributed by atoms with Crippen molar-refractivity contribution >= 4 is 28.6 Å². The molecule has 1 heterocycles. The minimum absolute atomic E-state index is 0.0907. The van der Waals surface area contributed by atoms with Crippen LogP contribution in [-0.4, -0.2) is 23.5 Å². The Labute approximate surface area is 136 Å². The van der Waals surface area contributed by atoms with Gasteiger partial charge in [-0.15, -0.1) is 11.3 Å². The van der Waals surface area contributed by atoms with Crippen LogP contribution in [0.25, 0.3) is 0 Å². The molecule has 0 saturated heterocycles. The molecule has 1 aromatic heterocycles. The van der Waals surface area contributed by atoms with E-state index in [9.17, 15) is 4.79 Å². The summed E-state index contributed by atoms with van der Waals surface area (Å²) in [6.07, 6.45) is 0. The van der Waals surface area contributed by atoms with E-state index in [1.165, 1.54) is 17.0 Å². The lowest BCUT2D eigenvalue weighted by atomic mass is 10.2. The molecule has 1 N–H and O–H groups in total. The number of thiazole rings is 1. The summed E-state index contributed by atoms with van der Waals surface area (Å²) in [5.41, 5.74) is 2.76. The highest BCUT2D eigenvalue weighted by Gasteiger charge is 2.14. The number of nitrogens with zero attached hydrogens (tertiary/aromatic N) is 2. The predicted octanol–water partition coefficient (Wildman–Crippen LogP) is 4.25. The number of nitrogens with one attached hydrogen (secondary N) is 1. The number of hydrogen-bond donors (Lipinski definition) is 1. The zero-order valence-corrected chi connectivity index (χ0v) is 14.6. The molecule has 0 saturated carbocycles. The average Bonchev–Trinajstić information content (AvgIpc) is 2.80. The minimum atomic E-state index is -0.0907. The smallest absolute Gasteiger partial charge is 0.267 e. The molecule has 2 aromatic rings. The maximum absolute atomic E-state index is 12.3. The molecule has 22 heavy (non-hydrogen) atoms. The normalized spacial score (nSPS) is 10.8. The molecule has 0 radical (unpaired) electrons. The number of anilines is 2. The van der Waals surface area contributed by atoms with Crippen LogP contribution in [0, 0.1) is 13.8 Å². The maximum atomic E-state index is 12.3. The third kappa shape index (κ3) is 3.65. The van der Waals surface area contributed by atoms with Crippen LogP contribution < -0.4 is 10.2 Å². The molecular formula is C17H23N3OS. The Morgan fingerprint density at radius 1 is 1.27 bits per heavy atom. The highest BCUT2D eigenvalue weighted by Crippen LogP contribution is 2.22. The van der Waals surface area contributed by atoms with Gasteiger partial charge in [-0.25, -0.2) is 4.98 Å². The van der Waals surface area contributed by atoms with Crippen LogP contribution in [0.5, 0.6) is 0 Å². The van der Waals surface area contributed by atoms with Crippen LogP contribution in [0.15, 0.2) is 24.3 Å². The molecule has 0 bridgehead atoms. The fraction of sp³-hybridized carbons (Fsp3) is 0.412. The molecular weight excluding hydrogens is 294 g/mol. The van der Waals surface area contributed by atoms with Crippen LogP contribution >= 0.6 is 11.3 Å². The van der Waals surface area contributed by atoms with E-state index >= 15 is 0 Å². The molecule has 1 amide bonds. The van der Waals surface area contributed by atoms with Crippen molar-refractivity contribution in [2.24, 2.45) is 0 Å². The quantitative estimate of drug-likeness (QED) is 0.897. The predicted molar refractivity (Wildman–Crippen MR) is 94.1 cm³/mol. The molecule has 2 rings (SSSR count). The molecule has 0 unspecified atom stereocenters. The third-order valence-corrected chi connectivity index (χ3v) is 4.60. The van der Waals surface area contributed by atoms with E-state index in [4.69, 9.17) is 0 Å². The van der Waals surface area contributed by atoms with Gasteiger partial charge in [-0.05, 0) is 58.9 Å². The first-order valence-corrected chi connectivity index (χ1v) is 8.36. The SMILES string of the molecule is CCN(c1ccc(NC(=O)c2sc(C)nc2C)cc1)C(C)C. The zero-order chi connectivity index (χ0) is 16.3. The Morgan fingerprint density at radius 2 is 1.91 bits per heavy atom. The number of aromatic nitrogens is 1. The summed E-state index contributed by atoms with van der Waals surface area (Å²) in [6.45, 7) is 11.2. The Hall–Kier alpha value is -1.88. The fourth-order valence-electron chi connectivity index (χ4n) is 2.51. The number of carbonyl (C=O) groups excluding carboxylic acids is 1. The van der Waals surface area contributed by atoms with Crippen LogP contribution in [0.3, 0.4) is 0 Å². The molecule has 0 spiro atoms. The van der Waals surface area contributed by atoms with Crippen LogP contribution in [0.4, 0.5) is 11.4 Å². The summed E-state index contributed by atoms with van der Waals surface area (Å²) in [4.78, 5) is 19.6. The van der Waals surface area contributed by atoms with Gasteiger partial charge in [0.25, 0.3) is 5.91 Å². The fourth-order valence-corrected chi connectivity index (χ4v) is 3.33. The number of aryl methyl sites for hydroxylation is 2. The number of benzene rings is 1. The standard InChI is InChI=1S/C17H23N3OS/c1-6-20(11(2)3)15-9-7-14(8-10-15)19-17(21)16-12(4)18-13(5)22-16/h7-11H,6H2,1-5H3,(H,19,21). The summed E-state index contributed by atoms with van der Waals surface area (Å²) in [5, 5.41) is 3.85. The second-order valence-electron chi connectivity index (χ2n) is 5.53. The minimum Gasteiger partial charge on any atom is -0.369 e. The molecule has 0 aliphatic carbocycles. The van der Waals surface area contributed by atoms with E-state index in [1.54, 1.807) is 0 Å². The molecule has 1 aromatic carbocycles. The zero-order valence-electron chi connectivity index (χ0n) is 13.8. The van der Waals surface area contributed by atoms with Gasteiger partial charge in [0.1, 0.15) is 4.88 Å². The van der Waals surface area contributed by atoms with E-state index in [0.29, 0.717) is 10.9 Å². The molecule has 4 nitrogen and oxygen atoms in total. The largest absolute Gasteiger partial charge is 0.369 e. The molecule has 118 valence electrons. The van der Waals surface area contributed by atoms with Crippen molar-refractivity contribution in [2.75, 3.05) is 16.8 Å². The van der Waals surface area contributed by atoms with Crippen LogP contribution in [-0.2, 0) is 0 Å². The van der Waals surface area contributed by atoms with E-state index in [-0.39, 0.29) is 5.91 Å². The maximum Gasteiger partial charge on any atom is 0.267 e. The lowest BCUT2D eigenvalue weighted by Gasteiger charge is -2.27. The van der Waals surface area contributed by atoms with E-state index in [0.717, 1.165) is 22.9 Å². The molecule has 0 aliphatic rings. The summed E-state index contributed by atoms with van der Waals surface area (Å²) >= 11 is 1.43. The summed E-state index contributed by atoms with van der Waals surface area (Å²) < 4.78 is 0. The second-order valence-corrected chi connectivity index (χ2v) is 6.73. The van der Waals surface area contributed by atoms with E-state index < -0.39 is 0 Å². The van der Waals surface area contributed by atoms with Crippen molar-refractivity contribution in [3.05, 3.63) is 39.8 Å². The summed E-state index contributed by atoms with van der Waals surface area (Å²) in [7, 11) is 0. The highest BCUT2D eigenvalue weighted by atomic mass is 32.1. The number of rotatable bonds is 5. The lowest BCUT2D eigenvalue weighted by molar-refractivity contribution is 0.103. The van der Waals surface area contributed by atoms with Gasteiger partial charge in [-0.1, -0.05) is 0 Å². The van der Waals surface area contributed by atoms with Gasteiger partial charge in [-0.2, -0.15) is 0 Å². The van der Waals surface area contributed by atoms with E-state index in [1.807, 2.05) is 38.1 Å². The Kier molecular flexibility index (Phi) is 5.19. The van der Waals surface area contributed by atoms with Crippen molar-refractivity contribution in [3.63, 3.8) is 0 Å². The van der Waals surface area contributed by atoms with Gasteiger partial charge in [0.15, 0.2) is 0 Å². The van der Waals surface area contributed by atoms with Gasteiger partial charge < -0.3 is 10.2 Å². The van der Waals surface area contributed by atoms with Gasteiger partial charge in [-0.3, -0.25) is 4.79 Å². The summed E-state index contributed by atoms with van der Waals surface area (Å²) in [5.74, 6) is -0.0907. The van der Waals surface area contributed by atoms with Crippen LogP contribution in [0.2, 0.25) is 0 Å². The van der Waals surface area contributed by atoms with Crippen LogP contribution in [0.1, 0.15) is 41.1 Å². The van der Waals surface area contributed by atoms with E-state index in [2.05, 4.69) is 36.0 Å². The average molecular weight is 317 g/mol. The summed E-state index contributed by atoms with van der Waals surface area (Å²) in [6, 6.07) is 8.44. The van der Waals surface area contributed by atoms with Crippen molar-refractivity contribution in [1.29, 1.82) is 0 Å². The first-order valence-electron chi connectivity index (χ1n) is 7.54. The van der Waals surface area contributed by atoms with Gasteiger partial charge in [0, 0.05) is 24.0 Å². The van der Waals surface area contributed by atoms with Crippen molar-refractivity contribution in [2.45, 2.75) is 40.7 Å². The highest BCUT2D eigenvalue weighted by molar-refractivity contribution is 7.13. The first kappa shape index (κ1) is 16.5. The topological polar surface area (TPSA) is 45.2 Å². The Bertz CT molecular complexity index is 646. The Balaban J connectivity index is 2.11. The molecule has 0 aliphatic heterocycles. The molecule has 5 heteroatoms. The van der Waals surface area contributed by atoms with Crippen molar-refractivity contribution in [1.82, 2.24) is 4.98 Å². The van der Waals surface area contributed by atoms with Gasteiger partial charge >= 0.3 is 0 Å². The second kappa shape index (κ2) is 6.92. The van der Waals surface area contributed by atoms with Gasteiger partial charge in [0.05, 0.1) is 10.7 Å². The third-order valence-electron chi connectivity index (χ3n) is 3.53. The number of hydrogen-bond acceptors (Lipinski definition) is 4. The Morgan fingerprint density at radius 3 is 2.36 bits per heavy atom. The van der Waals surface area contributed by atoms with Crippen molar-refractivity contribution < 1.29 is 4.79 Å². The first-order chi connectivity index (χ1) is 10.4. The van der Waals surface area contributed by atoms with Gasteiger partial charge in [0.2, 0.25) is 0 Å². The molecule has 0 fully saturated rings.